The molecule has 0 saturated carbocycles. The van der Waals surface area contributed by atoms with Crippen molar-refractivity contribution in [1.82, 2.24) is 4.31 Å². The molecule has 2 unspecified atom stereocenters. The molecule has 1 aliphatic heterocycles. The van der Waals surface area contributed by atoms with Crippen molar-refractivity contribution in [1.29, 1.82) is 0 Å². The average Bonchev–Trinajstić information content (AvgIpc) is 2.37. The van der Waals surface area contributed by atoms with Crippen molar-refractivity contribution in [2.75, 3.05) is 13.1 Å². The molecule has 0 radical (unpaired) electrons. The van der Waals surface area contributed by atoms with Crippen LogP contribution in [0.2, 0.25) is 0 Å². The summed E-state index contributed by atoms with van der Waals surface area (Å²) in [7, 11) is -3.40. The molecular weight excluding hydrogens is 304 g/mol. The number of benzene rings is 1. The van der Waals surface area contributed by atoms with Crippen LogP contribution in [0.5, 0.6) is 0 Å². The number of nitrogens with zero attached hydrogens (tertiary/aromatic N) is 1. The number of hydrogen-bond acceptors (Lipinski definition) is 3. The Hall–Kier alpha value is -0.980. The molecule has 2 N–H and O–H groups in total. The van der Waals surface area contributed by atoms with Crippen LogP contribution in [0.3, 0.4) is 0 Å². The highest BCUT2D eigenvalue weighted by Gasteiger charge is 2.31. The van der Waals surface area contributed by atoms with Gasteiger partial charge in [0.05, 0.1) is 9.88 Å². The Kier molecular flexibility index (Phi) is 5.01. The van der Waals surface area contributed by atoms with Crippen LogP contribution in [0.1, 0.15) is 25.8 Å². The van der Waals surface area contributed by atoms with Gasteiger partial charge in [0.25, 0.3) is 0 Å². The van der Waals surface area contributed by atoms with Crippen molar-refractivity contribution in [3.05, 3.63) is 29.8 Å². The van der Waals surface area contributed by atoms with Gasteiger partial charge >= 0.3 is 0 Å². The first-order chi connectivity index (χ1) is 9.79. The molecule has 1 aliphatic rings. The number of thiocarbonyl (C=S) groups is 1. The third kappa shape index (κ3) is 4.02. The minimum Gasteiger partial charge on any atom is -0.393 e. The molecule has 0 bridgehead atoms. The second-order valence-electron chi connectivity index (χ2n) is 6.06. The smallest absolute Gasteiger partial charge is 0.243 e. The maximum Gasteiger partial charge on any atom is 0.243 e. The fraction of sp³-hybridized carbons (Fsp3) is 0.533. The molecule has 0 amide bonds. The topological polar surface area (TPSA) is 63.4 Å². The zero-order valence-corrected chi connectivity index (χ0v) is 14.1. The van der Waals surface area contributed by atoms with Gasteiger partial charge in [-0.2, -0.15) is 4.31 Å². The maximum absolute atomic E-state index is 12.7. The Bertz CT molecular complexity index is 601. The van der Waals surface area contributed by atoms with E-state index >= 15 is 0 Å². The zero-order chi connectivity index (χ0) is 15.6. The molecule has 2 rings (SSSR count). The fourth-order valence-electron chi connectivity index (χ4n) is 2.93. The zero-order valence-electron chi connectivity index (χ0n) is 12.5. The number of sulfonamides is 1. The Morgan fingerprint density at radius 3 is 2.24 bits per heavy atom. The van der Waals surface area contributed by atoms with Crippen molar-refractivity contribution < 1.29 is 8.42 Å². The Labute approximate surface area is 132 Å². The molecule has 1 aromatic rings. The van der Waals surface area contributed by atoms with Gasteiger partial charge in [-0.05, 0) is 36.0 Å². The highest BCUT2D eigenvalue weighted by molar-refractivity contribution is 7.89. The number of nitrogens with two attached hydrogens (primary N) is 1. The Morgan fingerprint density at radius 2 is 1.76 bits per heavy atom. The average molecular weight is 326 g/mol. The molecule has 21 heavy (non-hydrogen) atoms. The predicted octanol–water partition coefficient (Wildman–Crippen LogP) is 2.18. The highest BCUT2D eigenvalue weighted by Crippen LogP contribution is 2.26. The molecule has 1 aromatic carbocycles. The SMILES string of the molecule is CC1CC(C)CN(S(=O)(=O)c2ccc(CC(N)=S)cc2)C1. The summed E-state index contributed by atoms with van der Waals surface area (Å²) in [5.41, 5.74) is 6.43. The normalized spacial score (nSPS) is 23.9. The molecule has 1 saturated heterocycles. The lowest BCUT2D eigenvalue weighted by molar-refractivity contribution is 0.222. The van der Waals surface area contributed by atoms with Gasteiger partial charge in [-0.25, -0.2) is 8.42 Å². The third-order valence-corrected chi connectivity index (χ3v) is 5.77. The second-order valence-corrected chi connectivity index (χ2v) is 8.52. The van der Waals surface area contributed by atoms with Crippen molar-refractivity contribution in [2.24, 2.45) is 17.6 Å². The molecule has 0 aliphatic carbocycles. The predicted molar refractivity (Wildman–Crippen MR) is 88.6 cm³/mol. The van der Waals surface area contributed by atoms with Crippen LogP contribution in [0.4, 0.5) is 0 Å². The van der Waals surface area contributed by atoms with E-state index in [1.165, 1.54) is 0 Å². The van der Waals surface area contributed by atoms with Crippen LogP contribution < -0.4 is 5.73 Å². The van der Waals surface area contributed by atoms with Gasteiger partial charge in [-0.1, -0.05) is 38.2 Å². The summed E-state index contributed by atoms with van der Waals surface area (Å²) < 4.78 is 27.0. The van der Waals surface area contributed by atoms with Gasteiger partial charge < -0.3 is 5.73 Å². The lowest BCUT2D eigenvalue weighted by Crippen LogP contribution is -2.42. The molecule has 6 heteroatoms. The maximum atomic E-state index is 12.7. The molecule has 1 heterocycles. The molecule has 1 fully saturated rings. The summed E-state index contributed by atoms with van der Waals surface area (Å²) in [5.74, 6) is 0.801. The van der Waals surface area contributed by atoms with E-state index in [2.05, 4.69) is 13.8 Å². The fourth-order valence-corrected chi connectivity index (χ4v) is 4.78. The quantitative estimate of drug-likeness (QED) is 0.862. The Morgan fingerprint density at radius 1 is 1.24 bits per heavy atom. The minimum absolute atomic E-state index is 0.343. The summed E-state index contributed by atoms with van der Waals surface area (Å²) in [6.07, 6.45) is 1.58. The van der Waals surface area contributed by atoms with Gasteiger partial charge in [0.2, 0.25) is 10.0 Å². The van der Waals surface area contributed by atoms with Gasteiger partial charge in [0.15, 0.2) is 0 Å². The van der Waals surface area contributed by atoms with Gasteiger partial charge in [-0.3, -0.25) is 0 Å². The van der Waals surface area contributed by atoms with Crippen LogP contribution in [-0.2, 0) is 16.4 Å². The van der Waals surface area contributed by atoms with E-state index in [-0.39, 0.29) is 0 Å². The van der Waals surface area contributed by atoms with Gasteiger partial charge in [-0.15, -0.1) is 0 Å². The van der Waals surface area contributed by atoms with Crippen molar-refractivity contribution in [2.45, 2.75) is 31.6 Å². The molecule has 4 nitrogen and oxygen atoms in total. The summed E-state index contributed by atoms with van der Waals surface area (Å²) in [4.78, 5) is 0.750. The van der Waals surface area contributed by atoms with Crippen molar-refractivity contribution in [3.8, 4) is 0 Å². The van der Waals surface area contributed by atoms with Gasteiger partial charge in [0, 0.05) is 19.5 Å². The summed E-state index contributed by atoms with van der Waals surface area (Å²) in [6, 6.07) is 6.85. The summed E-state index contributed by atoms with van der Waals surface area (Å²) in [6.45, 7) is 5.40. The monoisotopic (exact) mass is 326 g/mol. The van der Waals surface area contributed by atoms with E-state index in [9.17, 15) is 8.42 Å². The number of piperidine rings is 1. The van der Waals surface area contributed by atoms with Crippen LogP contribution in [0, 0.1) is 11.8 Å². The highest BCUT2D eigenvalue weighted by atomic mass is 32.2. The van der Waals surface area contributed by atoms with Gasteiger partial charge in [0.1, 0.15) is 0 Å². The van der Waals surface area contributed by atoms with E-state index in [0.717, 1.165) is 12.0 Å². The summed E-state index contributed by atoms with van der Waals surface area (Å²) >= 11 is 4.86. The first-order valence-corrected chi connectivity index (χ1v) is 9.01. The van der Waals surface area contributed by atoms with E-state index in [1.54, 1.807) is 28.6 Å². The molecule has 0 spiro atoms. The van der Waals surface area contributed by atoms with Crippen LogP contribution >= 0.6 is 12.2 Å². The molecule has 2 atom stereocenters. The second kappa shape index (κ2) is 6.42. The number of hydrogen-bond donors (Lipinski definition) is 1. The van der Waals surface area contributed by atoms with Crippen LogP contribution in [0.25, 0.3) is 0 Å². The van der Waals surface area contributed by atoms with Crippen molar-refractivity contribution in [3.63, 3.8) is 0 Å². The Balaban J connectivity index is 2.21. The lowest BCUT2D eigenvalue weighted by atomic mass is 9.94. The van der Waals surface area contributed by atoms with E-state index in [1.807, 2.05) is 0 Å². The van der Waals surface area contributed by atoms with E-state index in [4.69, 9.17) is 18.0 Å². The lowest BCUT2D eigenvalue weighted by Gasteiger charge is -2.34. The minimum atomic E-state index is -3.40. The molecule has 116 valence electrons. The third-order valence-electron chi connectivity index (χ3n) is 3.77. The molecule has 0 aromatic heterocycles. The van der Waals surface area contributed by atoms with Crippen molar-refractivity contribution >= 4 is 27.2 Å². The molecular formula is C15H22N2O2S2. The van der Waals surface area contributed by atoms with E-state index < -0.39 is 10.0 Å². The first kappa shape index (κ1) is 16.4. The van der Waals surface area contributed by atoms with E-state index in [0.29, 0.717) is 41.2 Å². The first-order valence-electron chi connectivity index (χ1n) is 7.16. The summed E-state index contributed by atoms with van der Waals surface area (Å²) in [5, 5.41) is 0. The largest absolute Gasteiger partial charge is 0.393 e. The standard InChI is InChI=1S/C15H22N2O2S2/c1-11-7-12(2)10-17(9-11)21(18,19)14-5-3-13(4-6-14)8-15(16)20/h3-6,11-12H,7-10H2,1-2H3,(H2,16,20). The van der Waals surface area contributed by atoms with Crippen LogP contribution in [-0.4, -0.2) is 30.8 Å². The van der Waals surface area contributed by atoms with Crippen LogP contribution in [0.15, 0.2) is 29.2 Å². The number of rotatable bonds is 4.